The van der Waals surface area contributed by atoms with Crippen molar-refractivity contribution in [3.05, 3.63) is 24.4 Å². The van der Waals surface area contributed by atoms with E-state index in [0.717, 1.165) is 33.6 Å². The van der Waals surface area contributed by atoms with Gasteiger partial charge >= 0.3 is 0 Å². The smallest absolute Gasteiger partial charge is 0.183 e. The Balaban J connectivity index is 2.42. The molecule has 2 rings (SSSR count). The number of ether oxygens (including phenoxy) is 2. The van der Waals surface area contributed by atoms with Crippen LogP contribution in [0.15, 0.2) is 24.4 Å². The maximum Gasteiger partial charge on any atom is 0.183 e. The van der Waals surface area contributed by atoms with Gasteiger partial charge in [0.25, 0.3) is 0 Å². The zero-order valence-electron chi connectivity index (χ0n) is 10.7. The molecular weight excluding hydrogens is 248 g/mol. The first-order valence-corrected chi connectivity index (χ1v) is 6.52. The van der Waals surface area contributed by atoms with E-state index >= 15 is 0 Å². The first-order chi connectivity index (χ1) is 8.80. The molecule has 0 unspecified atom stereocenters. The summed E-state index contributed by atoms with van der Waals surface area (Å²) in [5.41, 5.74) is 0.999. The number of thiazole rings is 1. The number of rotatable bonds is 5. The number of nitrogens with one attached hydrogen (secondary N) is 1. The van der Waals surface area contributed by atoms with Crippen molar-refractivity contribution in [3.63, 3.8) is 0 Å². The molecular formula is C13H16N2O2S. The summed E-state index contributed by atoms with van der Waals surface area (Å²) in [5.74, 6) is 1.47. The Kier molecular flexibility index (Phi) is 4.04. The van der Waals surface area contributed by atoms with Crippen LogP contribution in [0.4, 0.5) is 5.13 Å². The van der Waals surface area contributed by atoms with Gasteiger partial charge in [-0.2, -0.15) is 0 Å². The lowest BCUT2D eigenvalue weighted by molar-refractivity contribution is 0.356. The van der Waals surface area contributed by atoms with E-state index in [1.165, 1.54) is 0 Å². The van der Waals surface area contributed by atoms with Crippen molar-refractivity contribution in [2.45, 2.75) is 6.92 Å². The largest absolute Gasteiger partial charge is 0.493 e. The summed E-state index contributed by atoms with van der Waals surface area (Å²) in [7, 11) is 3.28. The predicted molar refractivity (Wildman–Crippen MR) is 74.8 cm³/mol. The molecule has 5 heteroatoms. The Labute approximate surface area is 111 Å². The highest BCUT2D eigenvalue weighted by atomic mass is 32.1. The molecule has 1 aromatic heterocycles. The quantitative estimate of drug-likeness (QED) is 0.900. The Hall–Kier alpha value is -1.75. The molecule has 1 N–H and O–H groups in total. The summed E-state index contributed by atoms with van der Waals surface area (Å²) in [6.07, 6.45) is 1.85. The lowest BCUT2D eigenvalue weighted by Crippen LogP contribution is -1.94. The maximum absolute atomic E-state index is 5.42. The standard InChI is InChI=1S/C13H16N2O2S/c1-4-14-13-15-8-11(18-13)9-6-5-7-10(16-2)12(9)17-3/h5-8H,4H2,1-3H3,(H,14,15). The van der Waals surface area contributed by atoms with Gasteiger partial charge in [-0.25, -0.2) is 4.98 Å². The number of hydrogen-bond acceptors (Lipinski definition) is 5. The highest BCUT2D eigenvalue weighted by molar-refractivity contribution is 7.18. The number of para-hydroxylation sites is 1. The zero-order chi connectivity index (χ0) is 13.0. The van der Waals surface area contributed by atoms with Crippen molar-refractivity contribution in [3.8, 4) is 21.9 Å². The average molecular weight is 264 g/mol. The van der Waals surface area contributed by atoms with Crippen LogP contribution < -0.4 is 14.8 Å². The van der Waals surface area contributed by atoms with Gasteiger partial charge in [0.15, 0.2) is 16.6 Å². The average Bonchev–Trinajstić information content (AvgIpc) is 2.86. The zero-order valence-corrected chi connectivity index (χ0v) is 11.5. The second kappa shape index (κ2) is 5.73. The number of methoxy groups -OCH3 is 2. The minimum absolute atomic E-state index is 0.730. The molecule has 0 atom stereocenters. The number of nitrogens with zero attached hydrogens (tertiary/aromatic N) is 1. The highest BCUT2D eigenvalue weighted by Crippen LogP contribution is 2.40. The van der Waals surface area contributed by atoms with Crippen LogP contribution >= 0.6 is 11.3 Å². The Morgan fingerprint density at radius 2 is 2.11 bits per heavy atom. The highest BCUT2D eigenvalue weighted by Gasteiger charge is 2.13. The molecule has 4 nitrogen and oxygen atoms in total. The molecule has 0 radical (unpaired) electrons. The van der Waals surface area contributed by atoms with Crippen molar-refractivity contribution in [1.29, 1.82) is 0 Å². The molecule has 0 aliphatic carbocycles. The van der Waals surface area contributed by atoms with Crippen LogP contribution in [-0.2, 0) is 0 Å². The molecule has 0 saturated carbocycles. The summed E-state index contributed by atoms with van der Waals surface area (Å²) < 4.78 is 10.7. The predicted octanol–water partition coefficient (Wildman–Crippen LogP) is 3.26. The minimum Gasteiger partial charge on any atom is -0.493 e. The Morgan fingerprint density at radius 1 is 1.28 bits per heavy atom. The van der Waals surface area contributed by atoms with E-state index in [4.69, 9.17) is 9.47 Å². The fraction of sp³-hybridized carbons (Fsp3) is 0.308. The number of anilines is 1. The lowest BCUT2D eigenvalue weighted by Gasteiger charge is -2.10. The van der Waals surface area contributed by atoms with Crippen molar-refractivity contribution >= 4 is 16.5 Å². The molecule has 0 aliphatic rings. The van der Waals surface area contributed by atoms with Crippen LogP contribution in [0, 0.1) is 0 Å². The maximum atomic E-state index is 5.42. The van der Waals surface area contributed by atoms with Crippen molar-refractivity contribution in [1.82, 2.24) is 4.98 Å². The fourth-order valence-corrected chi connectivity index (χ4v) is 2.62. The Bertz CT molecular complexity index is 525. The van der Waals surface area contributed by atoms with Gasteiger partial charge in [0.2, 0.25) is 0 Å². The summed E-state index contributed by atoms with van der Waals surface area (Å²) in [5, 5.41) is 4.11. The molecule has 1 heterocycles. The molecule has 2 aromatic rings. The van der Waals surface area contributed by atoms with Gasteiger partial charge < -0.3 is 14.8 Å². The number of benzene rings is 1. The minimum atomic E-state index is 0.730. The van der Waals surface area contributed by atoms with Crippen LogP contribution in [0.5, 0.6) is 11.5 Å². The number of hydrogen-bond donors (Lipinski definition) is 1. The molecule has 0 bridgehead atoms. The second-order valence-corrected chi connectivity index (χ2v) is 4.63. The van der Waals surface area contributed by atoms with Gasteiger partial charge in [-0.3, -0.25) is 0 Å². The van der Waals surface area contributed by atoms with Crippen LogP contribution in [0.2, 0.25) is 0 Å². The SMILES string of the molecule is CCNc1ncc(-c2cccc(OC)c2OC)s1. The van der Waals surface area contributed by atoms with Crippen LogP contribution in [0.25, 0.3) is 10.4 Å². The summed E-state index contributed by atoms with van der Waals surface area (Å²) in [6.45, 7) is 2.91. The number of aromatic nitrogens is 1. The van der Waals surface area contributed by atoms with Crippen molar-refractivity contribution in [2.75, 3.05) is 26.1 Å². The van der Waals surface area contributed by atoms with E-state index in [0.29, 0.717) is 0 Å². The van der Waals surface area contributed by atoms with Gasteiger partial charge in [-0.1, -0.05) is 17.4 Å². The topological polar surface area (TPSA) is 43.4 Å². The third-order valence-corrected chi connectivity index (χ3v) is 3.49. The van der Waals surface area contributed by atoms with Gasteiger partial charge in [0.1, 0.15) is 0 Å². The van der Waals surface area contributed by atoms with E-state index < -0.39 is 0 Å². The van der Waals surface area contributed by atoms with Gasteiger partial charge in [-0.05, 0) is 19.1 Å². The van der Waals surface area contributed by atoms with E-state index in [1.807, 2.05) is 31.3 Å². The van der Waals surface area contributed by atoms with Gasteiger partial charge in [0.05, 0.1) is 19.1 Å². The summed E-state index contributed by atoms with van der Waals surface area (Å²) in [6, 6.07) is 5.84. The lowest BCUT2D eigenvalue weighted by atomic mass is 10.1. The van der Waals surface area contributed by atoms with Crippen LogP contribution in [0.1, 0.15) is 6.92 Å². The van der Waals surface area contributed by atoms with Gasteiger partial charge in [-0.15, -0.1) is 0 Å². The van der Waals surface area contributed by atoms with E-state index in [2.05, 4.69) is 10.3 Å². The first kappa shape index (κ1) is 12.7. The molecule has 0 saturated heterocycles. The van der Waals surface area contributed by atoms with Crippen LogP contribution in [0.3, 0.4) is 0 Å². The Morgan fingerprint density at radius 3 is 2.78 bits per heavy atom. The molecule has 0 aliphatic heterocycles. The van der Waals surface area contributed by atoms with Gasteiger partial charge in [0, 0.05) is 18.3 Å². The molecule has 0 spiro atoms. The summed E-state index contributed by atoms with van der Waals surface area (Å²) >= 11 is 1.60. The third-order valence-electron chi connectivity index (χ3n) is 2.50. The normalized spacial score (nSPS) is 10.2. The van der Waals surface area contributed by atoms with E-state index in [9.17, 15) is 0 Å². The second-order valence-electron chi connectivity index (χ2n) is 3.60. The molecule has 18 heavy (non-hydrogen) atoms. The fourth-order valence-electron chi connectivity index (χ4n) is 1.71. The third kappa shape index (κ3) is 2.41. The van der Waals surface area contributed by atoms with Crippen LogP contribution in [-0.4, -0.2) is 25.7 Å². The van der Waals surface area contributed by atoms with E-state index in [-0.39, 0.29) is 0 Å². The van der Waals surface area contributed by atoms with E-state index in [1.54, 1.807) is 25.6 Å². The monoisotopic (exact) mass is 264 g/mol. The molecule has 0 amide bonds. The van der Waals surface area contributed by atoms with Crippen molar-refractivity contribution < 1.29 is 9.47 Å². The summed E-state index contributed by atoms with van der Waals surface area (Å²) in [4.78, 5) is 5.38. The van der Waals surface area contributed by atoms with Crippen molar-refractivity contribution in [2.24, 2.45) is 0 Å². The molecule has 1 aromatic carbocycles. The first-order valence-electron chi connectivity index (χ1n) is 5.71. The molecule has 0 fully saturated rings. The molecule has 96 valence electrons.